The van der Waals surface area contributed by atoms with Gasteiger partial charge in [0, 0.05) is 0 Å². The molecule has 0 amide bonds. The molecular formula is C11H20SiTe. The van der Waals surface area contributed by atoms with Crippen molar-refractivity contribution in [2.24, 2.45) is 0 Å². The zero-order valence-corrected chi connectivity index (χ0v) is 12.5. The van der Waals surface area contributed by atoms with Gasteiger partial charge in [-0.25, -0.2) is 0 Å². The molecule has 0 aromatic heterocycles. The molecule has 0 rings (SSSR count). The van der Waals surface area contributed by atoms with Gasteiger partial charge in [-0.05, 0) is 0 Å². The summed E-state index contributed by atoms with van der Waals surface area (Å²) in [5.74, 6) is 3.17. The number of allylic oxidation sites excluding steroid dienone is 1. The SMILES string of the molecule is CCCC[Te]/C=C\C#C[Si](C)(C)C. The summed E-state index contributed by atoms with van der Waals surface area (Å²) in [6, 6.07) is 0. The van der Waals surface area contributed by atoms with E-state index < -0.39 is 8.07 Å². The second-order valence-corrected chi connectivity index (χ2v) is 11.7. The second-order valence-electron chi connectivity index (χ2n) is 4.05. The normalized spacial score (nSPS) is 11.4. The van der Waals surface area contributed by atoms with Gasteiger partial charge in [-0.1, -0.05) is 0 Å². The van der Waals surface area contributed by atoms with Crippen molar-refractivity contribution in [2.45, 2.75) is 43.9 Å². The first-order chi connectivity index (χ1) is 6.06. The van der Waals surface area contributed by atoms with Crippen molar-refractivity contribution in [3.63, 3.8) is 0 Å². The first-order valence-electron chi connectivity index (χ1n) is 4.85. The first kappa shape index (κ1) is 13.3. The van der Waals surface area contributed by atoms with Crippen LogP contribution in [0, 0.1) is 11.5 Å². The fourth-order valence-corrected chi connectivity index (χ4v) is 3.31. The van der Waals surface area contributed by atoms with Crippen molar-refractivity contribution < 1.29 is 0 Å². The van der Waals surface area contributed by atoms with Crippen LogP contribution in [0.3, 0.4) is 0 Å². The molecule has 0 aliphatic carbocycles. The molecule has 0 saturated carbocycles. The van der Waals surface area contributed by atoms with Gasteiger partial charge in [0.25, 0.3) is 0 Å². The summed E-state index contributed by atoms with van der Waals surface area (Å²) in [4.78, 5) is 0. The van der Waals surface area contributed by atoms with Crippen LogP contribution < -0.4 is 0 Å². The Balaban J connectivity index is 3.55. The molecule has 0 aromatic rings. The maximum absolute atomic E-state index is 3.34. The third kappa shape index (κ3) is 12.3. The van der Waals surface area contributed by atoms with Crippen LogP contribution in [0.25, 0.3) is 0 Å². The van der Waals surface area contributed by atoms with E-state index in [0.29, 0.717) is 0 Å². The summed E-state index contributed by atoms with van der Waals surface area (Å²) < 4.78 is 3.76. The monoisotopic (exact) mass is 310 g/mol. The molecule has 74 valence electrons. The topological polar surface area (TPSA) is 0 Å². The van der Waals surface area contributed by atoms with Crippen molar-refractivity contribution in [3.05, 3.63) is 10.2 Å². The predicted molar refractivity (Wildman–Crippen MR) is 65.7 cm³/mol. The van der Waals surface area contributed by atoms with Crippen molar-refractivity contribution >= 4 is 29.0 Å². The Morgan fingerprint density at radius 1 is 1.31 bits per heavy atom. The molecule has 0 N–H and O–H groups in total. The van der Waals surface area contributed by atoms with Crippen LogP contribution in [0.5, 0.6) is 0 Å². The van der Waals surface area contributed by atoms with E-state index in [0.717, 1.165) is 0 Å². The van der Waals surface area contributed by atoms with Gasteiger partial charge >= 0.3 is 94.5 Å². The van der Waals surface area contributed by atoms with Gasteiger partial charge in [-0.2, -0.15) is 0 Å². The second kappa shape index (κ2) is 7.69. The summed E-state index contributed by atoms with van der Waals surface area (Å²) in [6.07, 6.45) is 4.81. The van der Waals surface area contributed by atoms with E-state index in [1.807, 2.05) is 0 Å². The van der Waals surface area contributed by atoms with E-state index in [1.54, 1.807) is 0 Å². The molecular weight excluding hydrogens is 288 g/mol. The molecule has 0 heterocycles. The Bertz CT molecular complexity index is 202. The third-order valence-electron chi connectivity index (χ3n) is 1.31. The van der Waals surface area contributed by atoms with Crippen molar-refractivity contribution in [1.82, 2.24) is 0 Å². The van der Waals surface area contributed by atoms with Crippen LogP contribution in [0.2, 0.25) is 24.1 Å². The van der Waals surface area contributed by atoms with Gasteiger partial charge in [0.2, 0.25) is 0 Å². The molecule has 0 unspecified atom stereocenters. The molecule has 0 aliphatic rings. The minimum atomic E-state index is -1.13. The van der Waals surface area contributed by atoms with Crippen LogP contribution in [0.15, 0.2) is 10.2 Å². The standard InChI is InChI=1S/C11H20SiTe/c1-5-6-10-13-11-8-7-9-12(2,3)4/h8,11H,5-6,10H2,1-4H3/b11-8-. The Morgan fingerprint density at radius 3 is 2.54 bits per heavy atom. The van der Waals surface area contributed by atoms with Gasteiger partial charge in [-0.3, -0.25) is 0 Å². The summed E-state index contributed by atoms with van der Waals surface area (Å²) in [6.45, 7) is 9.09. The number of hydrogen-bond donors (Lipinski definition) is 0. The molecule has 0 atom stereocenters. The number of rotatable bonds is 4. The molecule has 0 radical (unpaired) electrons. The summed E-state index contributed by atoms with van der Waals surface area (Å²) >= 11 is 0.140. The zero-order chi connectivity index (χ0) is 10.2. The van der Waals surface area contributed by atoms with E-state index in [4.69, 9.17) is 0 Å². The van der Waals surface area contributed by atoms with Gasteiger partial charge in [0.05, 0.1) is 0 Å². The van der Waals surface area contributed by atoms with E-state index >= 15 is 0 Å². The minimum absolute atomic E-state index is 0.140. The molecule has 0 spiro atoms. The average molecular weight is 308 g/mol. The Hall–Kier alpha value is 0.306. The van der Waals surface area contributed by atoms with Crippen LogP contribution in [0.1, 0.15) is 19.8 Å². The summed E-state index contributed by atoms with van der Waals surface area (Å²) in [5, 5.41) is 0. The van der Waals surface area contributed by atoms with Crippen LogP contribution in [-0.4, -0.2) is 29.0 Å². The van der Waals surface area contributed by atoms with Crippen molar-refractivity contribution in [1.29, 1.82) is 0 Å². The van der Waals surface area contributed by atoms with Crippen LogP contribution >= 0.6 is 0 Å². The van der Waals surface area contributed by atoms with Gasteiger partial charge < -0.3 is 0 Å². The molecule has 0 nitrogen and oxygen atoms in total. The average Bonchev–Trinajstić information content (AvgIpc) is 2.01. The van der Waals surface area contributed by atoms with E-state index in [9.17, 15) is 0 Å². The Kier molecular flexibility index (Phi) is 7.87. The molecule has 0 fully saturated rings. The van der Waals surface area contributed by atoms with Gasteiger partial charge in [-0.15, -0.1) is 0 Å². The third-order valence-corrected chi connectivity index (χ3v) is 4.64. The molecule has 2 heteroatoms. The zero-order valence-electron chi connectivity index (χ0n) is 9.18. The van der Waals surface area contributed by atoms with Crippen molar-refractivity contribution in [2.75, 3.05) is 0 Å². The van der Waals surface area contributed by atoms with Crippen molar-refractivity contribution in [3.8, 4) is 11.5 Å². The maximum atomic E-state index is 3.34. The molecule has 0 saturated heterocycles. The van der Waals surface area contributed by atoms with Gasteiger partial charge in [0.15, 0.2) is 0 Å². The van der Waals surface area contributed by atoms with E-state index in [1.165, 1.54) is 17.3 Å². The molecule has 13 heavy (non-hydrogen) atoms. The Labute approximate surface area is 94.3 Å². The molecule has 0 aromatic carbocycles. The summed E-state index contributed by atoms with van der Waals surface area (Å²) in [7, 11) is -1.13. The van der Waals surface area contributed by atoms with E-state index in [-0.39, 0.29) is 20.9 Å². The summed E-state index contributed by atoms with van der Waals surface area (Å²) in [5.41, 5.74) is 3.34. The fraction of sp³-hybridized carbons (Fsp3) is 0.636. The van der Waals surface area contributed by atoms with Crippen LogP contribution in [-0.2, 0) is 0 Å². The molecule has 0 aliphatic heterocycles. The number of hydrogen-bond acceptors (Lipinski definition) is 0. The Morgan fingerprint density at radius 2 is 2.00 bits per heavy atom. The van der Waals surface area contributed by atoms with E-state index in [2.05, 4.69) is 48.2 Å². The predicted octanol–water partition coefficient (Wildman–Crippen LogP) is 3.30. The van der Waals surface area contributed by atoms with Gasteiger partial charge in [0.1, 0.15) is 0 Å². The van der Waals surface area contributed by atoms with Crippen LogP contribution in [0.4, 0.5) is 0 Å². The quantitative estimate of drug-likeness (QED) is 0.425. The first-order valence-corrected chi connectivity index (χ1v) is 11.3. The fourth-order valence-electron chi connectivity index (χ4n) is 0.636. The molecule has 0 bridgehead atoms. The number of unbranched alkanes of at least 4 members (excludes halogenated alkanes) is 1.